The molecule has 0 aromatic heterocycles. The zero-order valence-corrected chi connectivity index (χ0v) is 6.89. The summed E-state index contributed by atoms with van der Waals surface area (Å²) in [6.45, 7) is 1.66. The lowest BCUT2D eigenvalue weighted by atomic mass is 9.96. The molecule has 2 N–H and O–H groups in total. The highest BCUT2D eigenvalue weighted by Gasteiger charge is 2.17. The van der Waals surface area contributed by atoms with Crippen molar-refractivity contribution < 1.29 is 14.7 Å². The minimum atomic E-state index is -1.10. The van der Waals surface area contributed by atoms with Gasteiger partial charge in [0, 0.05) is 17.7 Å². The van der Waals surface area contributed by atoms with Gasteiger partial charge in [-0.15, -0.1) is 0 Å². The van der Waals surface area contributed by atoms with Crippen LogP contribution in [-0.4, -0.2) is 17.0 Å². The summed E-state index contributed by atoms with van der Waals surface area (Å²) < 4.78 is 0. The second-order valence-electron chi connectivity index (χ2n) is 2.81. The van der Waals surface area contributed by atoms with Crippen LogP contribution in [-0.2, 0) is 4.79 Å². The minimum Gasteiger partial charge on any atom is -0.465 e. The molecule has 1 rings (SSSR count). The van der Waals surface area contributed by atoms with Crippen LogP contribution in [0.1, 0.15) is 26.2 Å². The van der Waals surface area contributed by atoms with Crippen molar-refractivity contribution in [3.05, 3.63) is 11.3 Å². The van der Waals surface area contributed by atoms with Gasteiger partial charge in [-0.05, 0) is 19.8 Å². The fourth-order valence-corrected chi connectivity index (χ4v) is 1.25. The normalized spacial score (nSPS) is 17.9. The molecule has 0 aliphatic heterocycles. The van der Waals surface area contributed by atoms with Crippen molar-refractivity contribution in [1.82, 2.24) is 5.32 Å². The van der Waals surface area contributed by atoms with E-state index in [4.69, 9.17) is 5.11 Å². The average molecular weight is 169 g/mol. The number of carbonyl (C=O) groups excluding carboxylic acids is 1. The summed E-state index contributed by atoms with van der Waals surface area (Å²) in [4.78, 5) is 21.4. The van der Waals surface area contributed by atoms with E-state index in [1.54, 1.807) is 6.92 Å². The maximum atomic E-state index is 11.1. The molecule has 4 heteroatoms. The van der Waals surface area contributed by atoms with Crippen molar-refractivity contribution in [3.63, 3.8) is 0 Å². The van der Waals surface area contributed by atoms with Gasteiger partial charge in [0.2, 0.25) is 0 Å². The van der Waals surface area contributed by atoms with E-state index in [1.165, 1.54) is 0 Å². The summed E-state index contributed by atoms with van der Waals surface area (Å²) in [5.41, 5.74) is 1.11. The number of hydrogen-bond acceptors (Lipinski definition) is 2. The van der Waals surface area contributed by atoms with Gasteiger partial charge in [-0.3, -0.25) is 10.1 Å². The van der Waals surface area contributed by atoms with Gasteiger partial charge in [0.15, 0.2) is 5.78 Å². The maximum Gasteiger partial charge on any atom is 0.408 e. The molecule has 1 amide bonds. The first-order valence-corrected chi connectivity index (χ1v) is 3.84. The Labute approximate surface area is 70.3 Å². The van der Waals surface area contributed by atoms with Gasteiger partial charge < -0.3 is 5.11 Å². The van der Waals surface area contributed by atoms with Gasteiger partial charge >= 0.3 is 6.09 Å². The van der Waals surface area contributed by atoms with E-state index in [1.807, 2.05) is 0 Å². The number of nitrogens with one attached hydrogen (secondary N) is 1. The number of ketones is 1. The topological polar surface area (TPSA) is 66.4 Å². The molecule has 66 valence electrons. The standard InChI is InChI=1S/C8H11NO3/c1-5-6(9-8(11)12)3-2-4-7(5)10/h9H,2-4H2,1H3,(H,11,12). The first-order chi connectivity index (χ1) is 5.61. The summed E-state index contributed by atoms with van der Waals surface area (Å²) in [5.74, 6) is 0.0463. The second kappa shape index (κ2) is 3.38. The first-order valence-electron chi connectivity index (χ1n) is 3.84. The quantitative estimate of drug-likeness (QED) is 0.621. The molecular formula is C8H11NO3. The van der Waals surface area contributed by atoms with E-state index in [-0.39, 0.29) is 5.78 Å². The third-order valence-corrected chi connectivity index (χ3v) is 1.96. The molecular weight excluding hydrogens is 158 g/mol. The van der Waals surface area contributed by atoms with Crippen LogP contribution >= 0.6 is 0 Å². The molecule has 4 nitrogen and oxygen atoms in total. The molecule has 1 aliphatic rings. The fourth-order valence-electron chi connectivity index (χ4n) is 1.25. The van der Waals surface area contributed by atoms with Gasteiger partial charge in [0.05, 0.1) is 0 Å². The Hall–Kier alpha value is -1.32. The molecule has 0 bridgehead atoms. The zero-order chi connectivity index (χ0) is 9.14. The minimum absolute atomic E-state index is 0.0463. The summed E-state index contributed by atoms with van der Waals surface area (Å²) in [6.07, 6.45) is 0.839. The van der Waals surface area contributed by atoms with E-state index >= 15 is 0 Å². The molecule has 0 saturated heterocycles. The lowest BCUT2D eigenvalue weighted by Gasteiger charge is -2.15. The number of carbonyl (C=O) groups is 2. The van der Waals surface area contributed by atoms with Crippen LogP contribution in [0.25, 0.3) is 0 Å². The van der Waals surface area contributed by atoms with E-state index in [9.17, 15) is 9.59 Å². The highest BCUT2D eigenvalue weighted by molar-refractivity contribution is 5.96. The predicted octanol–water partition coefficient (Wildman–Crippen LogP) is 1.28. The van der Waals surface area contributed by atoms with Gasteiger partial charge in [-0.2, -0.15) is 0 Å². The van der Waals surface area contributed by atoms with Crippen molar-refractivity contribution in [1.29, 1.82) is 0 Å². The Balaban J connectivity index is 2.78. The number of allylic oxidation sites excluding steroid dienone is 2. The molecule has 0 spiro atoms. The Morgan fingerprint density at radius 1 is 1.50 bits per heavy atom. The van der Waals surface area contributed by atoms with E-state index < -0.39 is 6.09 Å². The molecule has 0 heterocycles. The summed E-state index contributed by atoms with van der Waals surface area (Å²) in [7, 11) is 0. The van der Waals surface area contributed by atoms with Gasteiger partial charge in [-0.1, -0.05) is 0 Å². The van der Waals surface area contributed by atoms with Crippen LogP contribution in [0.3, 0.4) is 0 Å². The number of rotatable bonds is 1. The lowest BCUT2D eigenvalue weighted by molar-refractivity contribution is -0.116. The number of carboxylic acid groups (broad SMARTS) is 1. The van der Waals surface area contributed by atoms with Crippen LogP contribution in [0, 0.1) is 0 Å². The third-order valence-electron chi connectivity index (χ3n) is 1.96. The van der Waals surface area contributed by atoms with Crippen molar-refractivity contribution in [2.75, 3.05) is 0 Å². The van der Waals surface area contributed by atoms with Crippen LogP contribution in [0.15, 0.2) is 11.3 Å². The lowest BCUT2D eigenvalue weighted by Crippen LogP contribution is -2.25. The van der Waals surface area contributed by atoms with Crippen molar-refractivity contribution in [2.24, 2.45) is 0 Å². The van der Waals surface area contributed by atoms with Gasteiger partial charge in [0.25, 0.3) is 0 Å². The number of Topliss-reactive ketones (excluding diaryl/α,β-unsaturated/α-hetero) is 1. The Morgan fingerprint density at radius 3 is 2.75 bits per heavy atom. The summed E-state index contributed by atoms with van der Waals surface area (Å²) in [5, 5.41) is 10.7. The van der Waals surface area contributed by atoms with Gasteiger partial charge in [0.1, 0.15) is 0 Å². The Kier molecular flexibility index (Phi) is 2.47. The molecule has 0 atom stereocenters. The monoisotopic (exact) mass is 169 g/mol. The summed E-state index contributed by atoms with van der Waals surface area (Å²) in [6, 6.07) is 0. The largest absolute Gasteiger partial charge is 0.465 e. The highest BCUT2D eigenvalue weighted by Crippen LogP contribution is 2.19. The smallest absolute Gasteiger partial charge is 0.408 e. The molecule has 0 unspecified atom stereocenters. The predicted molar refractivity (Wildman–Crippen MR) is 42.7 cm³/mol. The fraction of sp³-hybridized carbons (Fsp3) is 0.500. The molecule has 0 radical (unpaired) electrons. The molecule has 0 saturated carbocycles. The highest BCUT2D eigenvalue weighted by atomic mass is 16.4. The van der Waals surface area contributed by atoms with E-state index in [0.29, 0.717) is 24.1 Å². The van der Waals surface area contributed by atoms with Crippen LogP contribution < -0.4 is 5.32 Å². The van der Waals surface area contributed by atoms with Crippen LogP contribution in [0.5, 0.6) is 0 Å². The average Bonchev–Trinajstić information content (AvgIpc) is 1.98. The molecule has 0 aromatic rings. The van der Waals surface area contributed by atoms with E-state index in [2.05, 4.69) is 5.32 Å². The van der Waals surface area contributed by atoms with Crippen molar-refractivity contribution in [3.8, 4) is 0 Å². The second-order valence-corrected chi connectivity index (χ2v) is 2.81. The Morgan fingerprint density at radius 2 is 2.17 bits per heavy atom. The number of amides is 1. The van der Waals surface area contributed by atoms with Crippen LogP contribution in [0.2, 0.25) is 0 Å². The van der Waals surface area contributed by atoms with Gasteiger partial charge in [-0.25, -0.2) is 4.79 Å². The zero-order valence-electron chi connectivity index (χ0n) is 6.89. The third kappa shape index (κ3) is 1.84. The van der Waals surface area contributed by atoms with E-state index in [0.717, 1.165) is 6.42 Å². The van der Waals surface area contributed by atoms with Crippen molar-refractivity contribution >= 4 is 11.9 Å². The van der Waals surface area contributed by atoms with Crippen molar-refractivity contribution in [2.45, 2.75) is 26.2 Å². The summed E-state index contributed by atoms with van der Waals surface area (Å²) >= 11 is 0. The SMILES string of the molecule is CC1=C(NC(=O)O)CCCC1=O. The first kappa shape index (κ1) is 8.77. The maximum absolute atomic E-state index is 11.1. The van der Waals surface area contributed by atoms with Crippen LogP contribution in [0.4, 0.5) is 4.79 Å². The Bertz CT molecular complexity index is 255. The molecule has 1 aliphatic carbocycles. The molecule has 12 heavy (non-hydrogen) atoms. The number of hydrogen-bond donors (Lipinski definition) is 2. The molecule has 0 aromatic carbocycles. The molecule has 0 fully saturated rings.